The molecule has 0 saturated carbocycles. The number of hydrogen-bond acceptors (Lipinski definition) is 5. The normalized spacial score (nSPS) is 20.9. The second-order valence-electron chi connectivity index (χ2n) is 9.01. The number of halogens is 1. The lowest BCUT2D eigenvalue weighted by Gasteiger charge is -2.39. The third kappa shape index (κ3) is 4.86. The first-order chi connectivity index (χ1) is 14.1. The van der Waals surface area contributed by atoms with Gasteiger partial charge in [-0.1, -0.05) is 48.0 Å². The van der Waals surface area contributed by atoms with Crippen LogP contribution in [0.2, 0.25) is 0 Å². The molecule has 6 heteroatoms. The number of Topliss-reactive ketones (excluding diaryl/α,β-unsaturated/α-hetero) is 1. The Kier molecular flexibility index (Phi) is 6.88. The molecule has 1 heterocycles. The minimum absolute atomic E-state index is 0.0740. The predicted octanol–water partition coefficient (Wildman–Crippen LogP) is 5.02. The number of carbonyl (C=O) groups is 2. The highest BCUT2D eigenvalue weighted by molar-refractivity contribution is 9.10. The molecule has 1 aromatic carbocycles. The Bertz CT molecular complexity index is 914. The summed E-state index contributed by atoms with van der Waals surface area (Å²) in [6.07, 6.45) is 1.29. The van der Waals surface area contributed by atoms with Crippen molar-refractivity contribution < 1.29 is 19.1 Å². The van der Waals surface area contributed by atoms with Crippen molar-refractivity contribution in [1.29, 1.82) is 0 Å². The van der Waals surface area contributed by atoms with Gasteiger partial charge in [-0.2, -0.15) is 0 Å². The zero-order chi connectivity index (χ0) is 22.1. The number of nitrogens with one attached hydrogen (secondary N) is 1. The molecule has 1 aliphatic carbocycles. The molecule has 1 N–H and O–H groups in total. The van der Waals surface area contributed by atoms with Gasteiger partial charge < -0.3 is 14.8 Å². The van der Waals surface area contributed by atoms with Crippen LogP contribution in [-0.4, -0.2) is 31.1 Å². The fourth-order valence-electron chi connectivity index (χ4n) is 4.22. The monoisotopic (exact) mass is 475 g/mol. The predicted molar refractivity (Wildman–Crippen MR) is 120 cm³/mol. The van der Waals surface area contributed by atoms with Crippen molar-refractivity contribution in [3.8, 4) is 0 Å². The first kappa shape index (κ1) is 22.8. The number of ether oxygens (including phenoxy) is 2. The van der Waals surface area contributed by atoms with Crippen LogP contribution in [-0.2, 0) is 19.1 Å². The number of dihydropyridines is 1. The number of benzene rings is 1. The van der Waals surface area contributed by atoms with E-state index in [2.05, 4.69) is 35.1 Å². The van der Waals surface area contributed by atoms with Gasteiger partial charge in [-0.3, -0.25) is 4.79 Å². The van der Waals surface area contributed by atoms with E-state index < -0.39 is 11.9 Å². The molecular weight excluding hydrogens is 446 g/mol. The van der Waals surface area contributed by atoms with E-state index in [-0.39, 0.29) is 23.9 Å². The van der Waals surface area contributed by atoms with Crippen LogP contribution in [0.3, 0.4) is 0 Å². The van der Waals surface area contributed by atoms with Crippen LogP contribution >= 0.6 is 15.9 Å². The number of esters is 1. The average Bonchev–Trinajstić information content (AvgIpc) is 2.63. The molecule has 0 aromatic heterocycles. The average molecular weight is 476 g/mol. The zero-order valence-corrected chi connectivity index (χ0v) is 19.9. The van der Waals surface area contributed by atoms with Crippen molar-refractivity contribution in [2.24, 2.45) is 5.41 Å². The minimum atomic E-state index is -0.459. The molecule has 0 spiro atoms. The molecule has 2 aliphatic rings. The summed E-state index contributed by atoms with van der Waals surface area (Å²) in [7, 11) is 0. The molecule has 0 radical (unpaired) electrons. The van der Waals surface area contributed by atoms with Gasteiger partial charge in [-0.25, -0.2) is 4.79 Å². The lowest BCUT2D eigenvalue weighted by Crippen LogP contribution is -2.39. The van der Waals surface area contributed by atoms with Crippen LogP contribution in [0.25, 0.3) is 0 Å². The summed E-state index contributed by atoms with van der Waals surface area (Å²) >= 11 is 3.62. The van der Waals surface area contributed by atoms with Crippen LogP contribution in [0, 0.1) is 5.41 Å². The summed E-state index contributed by atoms with van der Waals surface area (Å²) in [4.78, 5) is 26.4. The second-order valence-corrected chi connectivity index (χ2v) is 9.86. The maximum absolute atomic E-state index is 13.2. The van der Waals surface area contributed by atoms with Gasteiger partial charge in [0, 0.05) is 33.8 Å². The third-order valence-electron chi connectivity index (χ3n) is 5.44. The van der Waals surface area contributed by atoms with E-state index in [1.165, 1.54) is 0 Å². The van der Waals surface area contributed by atoms with Crippen molar-refractivity contribution >= 4 is 27.7 Å². The van der Waals surface area contributed by atoms with Crippen molar-refractivity contribution in [3.63, 3.8) is 0 Å². The summed E-state index contributed by atoms with van der Waals surface area (Å²) in [5, 5.41) is 3.35. The summed E-state index contributed by atoms with van der Waals surface area (Å²) in [5.41, 5.74) is 3.58. The molecule has 0 bridgehead atoms. The molecule has 0 fully saturated rings. The Hall–Kier alpha value is -1.92. The van der Waals surface area contributed by atoms with E-state index in [1.807, 2.05) is 45.0 Å². The maximum Gasteiger partial charge on any atom is 0.336 e. The van der Waals surface area contributed by atoms with Gasteiger partial charge in [0.15, 0.2) is 5.78 Å². The van der Waals surface area contributed by atoms with E-state index in [4.69, 9.17) is 9.47 Å². The molecule has 5 nitrogen and oxygen atoms in total. The molecule has 0 saturated heterocycles. The van der Waals surface area contributed by atoms with Crippen molar-refractivity contribution in [3.05, 3.63) is 56.8 Å². The maximum atomic E-state index is 13.2. The van der Waals surface area contributed by atoms with Gasteiger partial charge in [0.25, 0.3) is 0 Å². The number of allylic oxidation sites excluding steroid dienone is 3. The highest BCUT2D eigenvalue weighted by Crippen LogP contribution is 2.48. The Morgan fingerprint density at radius 1 is 1.23 bits per heavy atom. The summed E-state index contributed by atoms with van der Waals surface area (Å²) in [5.74, 6) is -0.799. The van der Waals surface area contributed by atoms with Crippen LogP contribution in [0.4, 0.5) is 0 Å². The van der Waals surface area contributed by atoms with Gasteiger partial charge in [0.2, 0.25) is 0 Å². The molecule has 30 heavy (non-hydrogen) atoms. The van der Waals surface area contributed by atoms with Gasteiger partial charge in [-0.15, -0.1) is 0 Å². The number of ketones is 1. The SMILES string of the molecule is CC1=C(C(=O)OCCOC(C)C)[C@@H](c2ccccc2Br)C2=C(CC(C)(C)CC2=O)N1. The summed E-state index contributed by atoms with van der Waals surface area (Å²) in [6, 6.07) is 7.74. The van der Waals surface area contributed by atoms with Crippen LogP contribution in [0.1, 0.15) is 58.9 Å². The second kappa shape index (κ2) is 9.06. The highest BCUT2D eigenvalue weighted by Gasteiger charge is 2.43. The standard InChI is InChI=1S/C24H30BrNO4/c1-14(2)29-10-11-30-23(28)20-15(3)26-18-12-24(4,5)13-19(27)22(18)21(20)16-8-6-7-9-17(16)25/h6-9,14,21,26H,10-13H2,1-5H3/t21-/m1/s1. The number of rotatable bonds is 6. The van der Waals surface area contributed by atoms with E-state index >= 15 is 0 Å². The fraction of sp³-hybridized carbons (Fsp3) is 0.500. The largest absolute Gasteiger partial charge is 0.460 e. The van der Waals surface area contributed by atoms with Gasteiger partial charge in [-0.05, 0) is 44.2 Å². The van der Waals surface area contributed by atoms with Gasteiger partial charge >= 0.3 is 5.97 Å². The van der Waals surface area contributed by atoms with E-state index in [9.17, 15) is 9.59 Å². The first-order valence-electron chi connectivity index (χ1n) is 10.4. The molecule has 0 amide bonds. The Morgan fingerprint density at radius 3 is 2.60 bits per heavy atom. The van der Waals surface area contributed by atoms with Crippen LogP contribution in [0.5, 0.6) is 0 Å². The van der Waals surface area contributed by atoms with Gasteiger partial charge in [0.1, 0.15) is 6.61 Å². The molecule has 1 aromatic rings. The van der Waals surface area contributed by atoms with Crippen molar-refractivity contribution in [2.45, 2.75) is 59.5 Å². The third-order valence-corrected chi connectivity index (χ3v) is 6.17. The molecule has 0 unspecified atom stereocenters. The van der Waals surface area contributed by atoms with E-state index in [0.29, 0.717) is 24.2 Å². The molecule has 1 atom stereocenters. The van der Waals surface area contributed by atoms with Crippen LogP contribution < -0.4 is 5.32 Å². The summed E-state index contributed by atoms with van der Waals surface area (Å²) < 4.78 is 11.9. The fourth-order valence-corrected chi connectivity index (χ4v) is 4.74. The molecule has 3 rings (SSSR count). The lowest BCUT2D eigenvalue weighted by molar-refractivity contribution is -0.141. The van der Waals surface area contributed by atoms with E-state index in [1.54, 1.807) is 0 Å². The molecule has 1 aliphatic heterocycles. The Morgan fingerprint density at radius 2 is 1.93 bits per heavy atom. The Labute approximate surface area is 187 Å². The smallest absolute Gasteiger partial charge is 0.336 e. The lowest BCUT2D eigenvalue weighted by atomic mass is 9.68. The van der Waals surface area contributed by atoms with Gasteiger partial charge in [0.05, 0.1) is 18.3 Å². The Balaban J connectivity index is 2.00. The first-order valence-corrected chi connectivity index (χ1v) is 11.2. The molecular formula is C24H30BrNO4. The minimum Gasteiger partial charge on any atom is -0.460 e. The summed E-state index contributed by atoms with van der Waals surface area (Å²) in [6.45, 7) is 10.5. The number of hydrogen-bond donors (Lipinski definition) is 1. The topological polar surface area (TPSA) is 64.6 Å². The number of carbonyl (C=O) groups excluding carboxylic acids is 2. The highest BCUT2D eigenvalue weighted by atomic mass is 79.9. The molecule has 162 valence electrons. The quantitative estimate of drug-likeness (QED) is 0.462. The van der Waals surface area contributed by atoms with Crippen molar-refractivity contribution in [1.82, 2.24) is 5.32 Å². The van der Waals surface area contributed by atoms with Crippen LogP contribution in [0.15, 0.2) is 51.3 Å². The van der Waals surface area contributed by atoms with E-state index in [0.717, 1.165) is 27.9 Å². The zero-order valence-electron chi connectivity index (χ0n) is 18.3. The van der Waals surface area contributed by atoms with Crippen molar-refractivity contribution in [2.75, 3.05) is 13.2 Å².